The van der Waals surface area contributed by atoms with Crippen molar-refractivity contribution in [3.05, 3.63) is 162 Å². The molecule has 0 saturated carbocycles. The Kier molecular flexibility index (Phi) is 13.2. The van der Waals surface area contributed by atoms with Crippen LogP contribution in [0.15, 0.2) is 146 Å². The quantitative estimate of drug-likeness (QED) is 0.0976. The molecular weight excluding hydrogens is 838 g/mol. The Morgan fingerprint density at radius 2 is 0.730 bits per heavy atom. The van der Waals surface area contributed by atoms with E-state index in [4.69, 9.17) is 51.0 Å². The molecule has 7 aromatic carbocycles. The third kappa shape index (κ3) is 9.48. The van der Waals surface area contributed by atoms with Crippen LogP contribution in [-0.4, -0.2) is 39.6 Å². The Labute approximate surface area is 368 Å². The first-order valence-corrected chi connectivity index (χ1v) is 23.1. The summed E-state index contributed by atoms with van der Waals surface area (Å²) in [6.45, 7) is 3.55. The monoisotopic (exact) mass is 884 g/mol. The van der Waals surface area contributed by atoms with Crippen molar-refractivity contribution in [2.45, 2.75) is 38.1 Å². The van der Waals surface area contributed by atoms with Crippen LogP contribution in [0, 0.1) is 0 Å². The summed E-state index contributed by atoms with van der Waals surface area (Å²) in [6.07, 6.45) is 0.769. The van der Waals surface area contributed by atoms with Crippen LogP contribution in [0.25, 0.3) is 32.7 Å². The number of benzene rings is 7. The Bertz CT molecular complexity index is 2580. The maximum atomic E-state index is 7.11. The molecule has 10 rings (SSSR count). The minimum Gasteiger partial charge on any atom is -0.440 e. The lowest BCUT2D eigenvalue weighted by atomic mass is 9.92. The van der Waals surface area contributed by atoms with E-state index in [1.54, 1.807) is 0 Å². The highest BCUT2D eigenvalue weighted by atomic mass is 31.2. The summed E-state index contributed by atoms with van der Waals surface area (Å²) < 4.78 is 69.9. The van der Waals surface area contributed by atoms with Crippen LogP contribution in [0.4, 0.5) is 0 Å². The van der Waals surface area contributed by atoms with Crippen LogP contribution in [0.3, 0.4) is 0 Å². The highest BCUT2D eigenvalue weighted by Gasteiger charge is 2.31. The van der Waals surface area contributed by atoms with Crippen molar-refractivity contribution in [3.8, 4) is 39.9 Å². The van der Waals surface area contributed by atoms with E-state index in [1.807, 2.05) is 115 Å². The zero-order valence-corrected chi connectivity index (χ0v) is 36.3. The number of rotatable bonds is 14. The molecule has 11 nitrogen and oxygen atoms in total. The molecule has 3 saturated heterocycles. The molecule has 0 amide bonds. The first kappa shape index (κ1) is 41.7. The summed E-state index contributed by atoms with van der Waals surface area (Å²) >= 11 is 0. The second-order valence-electron chi connectivity index (χ2n) is 15.0. The SMILES string of the molecule is c1ccc(C2OCCCO2)c(OPOc2ccc3ccccc3c2-c2c(OP(Oc3ccccc3C3OCCCO3)Oc3ccccc3C3OCCCO3)ccc3ccccc23)c1. The van der Waals surface area contributed by atoms with Gasteiger partial charge in [-0.3, -0.25) is 0 Å². The molecule has 0 spiro atoms. The molecule has 0 radical (unpaired) electrons. The Balaban J connectivity index is 1.05. The van der Waals surface area contributed by atoms with Crippen LogP contribution in [-0.2, 0) is 28.4 Å². The van der Waals surface area contributed by atoms with Crippen LogP contribution < -0.4 is 22.6 Å². The molecule has 3 aliphatic heterocycles. The topological polar surface area (TPSA) is 102 Å². The molecule has 0 aliphatic carbocycles. The van der Waals surface area contributed by atoms with Gasteiger partial charge in [0, 0.05) is 11.1 Å². The first-order valence-electron chi connectivity index (χ1n) is 21.2. The second kappa shape index (κ2) is 20.0. The van der Waals surface area contributed by atoms with Gasteiger partial charge in [-0.05, 0) is 71.1 Å². The van der Waals surface area contributed by atoms with E-state index in [1.165, 1.54) is 0 Å². The number of hydrogen-bond acceptors (Lipinski definition) is 11. The van der Waals surface area contributed by atoms with Gasteiger partial charge in [0.2, 0.25) is 0 Å². The van der Waals surface area contributed by atoms with Gasteiger partial charge in [-0.25, -0.2) is 0 Å². The maximum Gasteiger partial charge on any atom is 0.530 e. The minimum absolute atomic E-state index is 0.402. The molecule has 3 aliphatic rings. The third-order valence-electron chi connectivity index (χ3n) is 10.9. The predicted octanol–water partition coefficient (Wildman–Crippen LogP) is 12.7. The zero-order chi connectivity index (χ0) is 42.2. The number of para-hydroxylation sites is 3. The average Bonchev–Trinajstić information content (AvgIpc) is 3.35. The van der Waals surface area contributed by atoms with Crippen molar-refractivity contribution in [3.63, 3.8) is 0 Å². The lowest BCUT2D eigenvalue weighted by molar-refractivity contribution is -0.183. The first-order chi connectivity index (χ1) is 31.3. The molecule has 3 heterocycles. The summed E-state index contributed by atoms with van der Waals surface area (Å²) in [6, 6.07) is 47.6. The van der Waals surface area contributed by atoms with Crippen molar-refractivity contribution >= 4 is 39.2 Å². The molecule has 13 heteroatoms. The van der Waals surface area contributed by atoms with Gasteiger partial charge in [0.05, 0.1) is 56.3 Å². The molecule has 0 bridgehead atoms. The third-order valence-corrected chi connectivity index (χ3v) is 12.5. The molecule has 0 N–H and O–H groups in total. The zero-order valence-electron chi connectivity index (χ0n) is 34.4. The van der Waals surface area contributed by atoms with Gasteiger partial charge in [0.15, 0.2) is 18.9 Å². The number of hydrogen-bond donors (Lipinski definition) is 0. The normalized spacial score (nSPS) is 16.8. The Hall–Kier alpha value is -5.32. The van der Waals surface area contributed by atoms with Crippen LogP contribution >= 0.6 is 17.6 Å². The van der Waals surface area contributed by atoms with E-state index in [9.17, 15) is 0 Å². The summed E-state index contributed by atoms with van der Waals surface area (Å²) in [5.74, 6) is 2.78. The van der Waals surface area contributed by atoms with Gasteiger partial charge in [0.1, 0.15) is 28.7 Å². The van der Waals surface area contributed by atoms with E-state index in [0.717, 1.165) is 68.6 Å². The fourth-order valence-electron chi connectivity index (χ4n) is 7.87. The van der Waals surface area contributed by atoms with Crippen molar-refractivity contribution < 1.29 is 51.0 Å². The molecular formula is C50H46O11P2. The van der Waals surface area contributed by atoms with E-state index in [2.05, 4.69) is 30.3 Å². The molecule has 1 unspecified atom stereocenters. The Morgan fingerprint density at radius 3 is 1.24 bits per heavy atom. The molecule has 322 valence electrons. The van der Waals surface area contributed by atoms with Crippen molar-refractivity contribution in [2.75, 3.05) is 39.6 Å². The number of ether oxygens (including phenoxy) is 6. The van der Waals surface area contributed by atoms with Gasteiger partial charge in [-0.1, -0.05) is 115 Å². The van der Waals surface area contributed by atoms with Crippen molar-refractivity contribution in [1.82, 2.24) is 0 Å². The van der Waals surface area contributed by atoms with E-state index < -0.39 is 36.5 Å². The van der Waals surface area contributed by atoms with E-state index in [0.29, 0.717) is 68.4 Å². The Morgan fingerprint density at radius 1 is 0.365 bits per heavy atom. The van der Waals surface area contributed by atoms with Crippen LogP contribution in [0.2, 0.25) is 0 Å². The molecule has 7 aromatic rings. The lowest BCUT2D eigenvalue weighted by Gasteiger charge is -2.28. The van der Waals surface area contributed by atoms with Gasteiger partial charge in [-0.15, -0.1) is 0 Å². The molecule has 1 atom stereocenters. The van der Waals surface area contributed by atoms with Gasteiger partial charge >= 0.3 is 8.60 Å². The summed E-state index contributed by atoms with van der Waals surface area (Å²) in [5.41, 5.74) is 3.91. The summed E-state index contributed by atoms with van der Waals surface area (Å²) in [4.78, 5) is 0. The highest BCUT2D eigenvalue weighted by Crippen LogP contribution is 2.53. The van der Waals surface area contributed by atoms with Crippen molar-refractivity contribution in [2.24, 2.45) is 0 Å². The minimum atomic E-state index is -2.24. The fraction of sp³-hybridized carbons (Fsp3) is 0.240. The van der Waals surface area contributed by atoms with Crippen LogP contribution in [0.1, 0.15) is 54.8 Å². The van der Waals surface area contributed by atoms with Crippen molar-refractivity contribution in [1.29, 1.82) is 0 Å². The summed E-state index contributed by atoms with van der Waals surface area (Å²) in [5, 5.41) is 3.95. The van der Waals surface area contributed by atoms with Gasteiger partial charge in [0.25, 0.3) is 9.03 Å². The molecule has 0 aromatic heterocycles. The largest absolute Gasteiger partial charge is 0.530 e. The van der Waals surface area contributed by atoms with Crippen LogP contribution in [0.5, 0.6) is 28.7 Å². The maximum absolute atomic E-state index is 7.11. The smallest absolute Gasteiger partial charge is 0.440 e. The van der Waals surface area contributed by atoms with E-state index in [-0.39, 0.29) is 0 Å². The van der Waals surface area contributed by atoms with E-state index >= 15 is 0 Å². The van der Waals surface area contributed by atoms with Gasteiger partial charge in [-0.2, -0.15) is 0 Å². The average molecular weight is 885 g/mol. The lowest BCUT2D eigenvalue weighted by Crippen LogP contribution is -2.19. The van der Waals surface area contributed by atoms with Gasteiger partial charge < -0.3 is 51.0 Å². The molecule has 63 heavy (non-hydrogen) atoms. The molecule has 3 fully saturated rings. The highest BCUT2D eigenvalue weighted by molar-refractivity contribution is 7.43. The predicted molar refractivity (Wildman–Crippen MR) is 242 cm³/mol. The summed E-state index contributed by atoms with van der Waals surface area (Å²) in [7, 11) is -2.64. The second-order valence-corrected chi connectivity index (χ2v) is 16.6. The number of fused-ring (bicyclic) bond motifs is 2. The fourth-order valence-corrected chi connectivity index (χ4v) is 9.53. The standard InChI is InChI=1S/C50H46O11P2/c1-3-16-36-34(14-1)24-26-44(58-62-57-41-21-8-5-18-38(41)48-51-28-11-29-52-48)46(36)47-37-17-4-2-15-35(37)25-27-45(47)61-63(59-42-22-9-6-19-39(42)49-53-30-12-31-54-49)60-43-23-10-7-20-40(43)50-55-32-13-33-56-50/h1-10,14-27,48-50,62H,11-13,28-33H2.